The van der Waals surface area contributed by atoms with Gasteiger partial charge in [-0.05, 0) is 58.7 Å². The second-order valence-corrected chi connectivity index (χ2v) is 7.29. The molecule has 7 nitrogen and oxygen atoms in total. The van der Waals surface area contributed by atoms with Crippen molar-refractivity contribution in [2.75, 3.05) is 26.2 Å². The summed E-state index contributed by atoms with van der Waals surface area (Å²) in [6, 6.07) is 5.60. The van der Waals surface area contributed by atoms with E-state index in [2.05, 4.69) is 15.3 Å². The number of piperidine rings is 1. The molecule has 0 atom stereocenters. The van der Waals surface area contributed by atoms with E-state index in [4.69, 9.17) is 0 Å². The Balaban J connectivity index is 1.61. The largest absolute Gasteiger partial charge is 0.349 e. The Bertz CT molecular complexity index is 870. The molecule has 0 bridgehead atoms. The van der Waals surface area contributed by atoms with Crippen LogP contribution in [0.4, 0.5) is 4.79 Å². The van der Waals surface area contributed by atoms with Gasteiger partial charge in [0.15, 0.2) is 0 Å². The highest BCUT2D eigenvalue weighted by atomic mass is 16.2. The van der Waals surface area contributed by atoms with Crippen molar-refractivity contribution in [3.8, 4) is 0 Å². The van der Waals surface area contributed by atoms with Gasteiger partial charge >= 0.3 is 6.03 Å². The molecule has 1 aromatic heterocycles. The second kappa shape index (κ2) is 8.54. The molecule has 0 unspecified atom stereocenters. The summed E-state index contributed by atoms with van der Waals surface area (Å²) in [6.45, 7) is 10.6. The standard InChI is InChI=1S/C21H29N5O2/c1-5-25(6-2)21(28)26-11-9-17(10-12-26)24-20(27)16-7-8-18-19(13-16)23-15(4)14(3)22-18/h7-8,13,17H,5-6,9-12H2,1-4H3,(H,24,27). The maximum Gasteiger partial charge on any atom is 0.319 e. The van der Waals surface area contributed by atoms with Crippen LogP contribution in [-0.2, 0) is 0 Å². The number of amides is 3. The zero-order chi connectivity index (χ0) is 20.3. The van der Waals surface area contributed by atoms with Crippen molar-refractivity contribution in [3.63, 3.8) is 0 Å². The Morgan fingerprint density at radius 2 is 1.68 bits per heavy atom. The van der Waals surface area contributed by atoms with Crippen LogP contribution < -0.4 is 5.32 Å². The van der Waals surface area contributed by atoms with E-state index in [1.807, 2.05) is 43.6 Å². The fourth-order valence-corrected chi connectivity index (χ4v) is 3.55. The second-order valence-electron chi connectivity index (χ2n) is 7.29. The van der Waals surface area contributed by atoms with E-state index in [0.717, 1.165) is 48.4 Å². The number of benzene rings is 1. The van der Waals surface area contributed by atoms with Crippen LogP contribution in [0.15, 0.2) is 18.2 Å². The Hall–Kier alpha value is -2.70. The molecule has 0 spiro atoms. The average Bonchev–Trinajstić information content (AvgIpc) is 2.70. The number of hydrogen-bond acceptors (Lipinski definition) is 4. The fourth-order valence-electron chi connectivity index (χ4n) is 3.55. The van der Waals surface area contributed by atoms with Crippen LogP contribution >= 0.6 is 0 Å². The van der Waals surface area contributed by atoms with Gasteiger partial charge in [-0.1, -0.05) is 0 Å². The predicted molar refractivity (Wildman–Crippen MR) is 109 cm³/mol. The van der Waals surface area contributed by atoms with Gasteiger partial charge in [0.1, 0.15) is 0 Å². The number of hydrogen-bond donors (Lipinski definition) is 1. The Kier molecular flexibility index (Phi) is 6.11. The van der Waals surface area contributed by atoms with E-state index < -0.39 is 0 Å². The molecule has 7 heteroatoms. The number of carbonyl (C=O) groups is 2. The molecule has 150 valence electrons. The van der Waals surface area contributed by atoms with Gasteiger partial charge in [-0.3, -0.25) is 4.79 Å². The molecule has 1 aliphatic rings. The number of carbonyl (C=O) groups excluding carboxylic acids is 2. The third kappa shape index (κ3) is 4.24. The first-order chi connectivity index (χ1) is 13.4. The van der Waals surface area contributed by atoms with E-state index >= 15 is 0 Å². The van der Waals surface area contributed by atoms with Gasteiger partial charge in [0.25, 0.3) is 5.91 Å². The van der Waals surface area contributed by atoms with Gasteiger partial charge in [0, 0.05) is 37.8 Å². The van der Waals surface area contributed by atoms with Gasteiger partial charge in [0.2, 0.25) is 0 Å². The summed E-state index contributed by atoms with van der Waals surface area (Å²) in [5, 5.41) is 3.10. The predicted octanol–water partition coefficient (Wildman–Crippen LogP) is 2.90. The summed E-state index contributed by atoms with van der Waals surface area (Å²) in [5.41, 5.74) is 3.89. The average molecular weight is 383 g/mol. The van der Waals surface area contributed by atoms with Gasteiger partial charge < -0.3 is 15.1 Å². The fraction of sp³-hybridized carbons (Fsp3) is 0.524. The van der Waals surface area contributed by atoms with Gasteiger partial charge in [-0.15, -0.1) is 0 Å². The van der Waals surface area contributed by atoms with E-state index in [1.165, 1.54) is 0 Å². The molecule has 1 aromatic carbocycles. The number of aromatic nitrogens is 2. The molecule has 1 saturated heterocycles. The minimum absolute atomic E-state index is 0.0785. The highest BCUT2D eigenvalue weighted by molar-refractivity contribution is 5.97. The van der Waals surface area contributed by atoms with Crippen LogP contribution in [-0.4, -0.2) is 63.9 Å². The number of likely N-dealkylation sites (tertiary alicyclic amines) is 1. The molecule has 2 heterocycles. The quantitative estimate of drug-likeness (QED) is 0.880. The van der Waals surface area contributed by atoms with Crippen LogP contribution in [0, 0.1) is 13.8 Å². The summed E-state index contributed by atoms with van der Waals surface area (Å²) < 4.78 is 0. The molecule has 1 fully saturated rings. The van der Waals surface area contributed by atoms with Crippen LogP contribution in [0.2, 0.25) is 0 Å². The Morgan fingerprint density at radius 1 is 1.07 bits per heavy atom. The zero-order valence-electron chi connectivity index (χ0n) is 17.2. The first-order valence-electron chi connectivity index (χ1n) is 10.0. The highest BCUT2D eigenvalue weighted by Gasteiger charge is 2.26. The van der Waals surface area contributed by atoms with Crippen LogP contribution in [0.5, 0.6) is 0 Å². The van der Waals surface area contributed by atoms with Crippen LogP contribution in [0.1, 0.15) is 48.4 Å². The lowest BCUT2D eigenvalue weighted by molar-refractivity contribution is 0.0912. The molecule has 3 amide bonds. The van der Waals surface area contributed by atoms with Crippen molar-refractivity contribution in [2.45, 2.75) is 46.6 Å². The van der Waals surface area contributed by atoms with Gasteiger partial charge in [0.05, 0.1) is 22.4 Å². The van der Waals surface area contributed by atoms with Gasteiger partial charge in [-0.2, -0.15) is 0 Å². The maximum atomic E-state index is 12.7. The van der Waals surface area contributed by atoms with Crippen molar-refractivity contribution in [1.29, 1.82) is 0 Å². The minimum atomic E-state index is -0.101. The van der Waals surface area contributed by atoms with Crippen LogP contribution in [0.25, 0.3) is 11.0 Å². The third-order valence-corrected chi connectivity index (χ3v) is 5.47. The Labute approximate surface area is 166 Å². The topological polar surface area (TPSA) is 78.4 Å². The van der Waals surface area contributed by atoms with E-state index in [0.29, 0.717) is 18.7 Å². The first kappa shape index (κ1) is 20.0. The first-order valence-corrected chi connectivity index (χ1v) is 10.0. The molecule has 1 aliphatic heterocycles. The smallest absolute Gasteiger partial charge is 0.319 e. The summed E-state index contributed by atoms with van der Waals surface area (Å²) in [4.78, 5) is 37.9. The highest BCUT2D eigenvalue weighted by Crippen LogP contribution is 2.16. The lowest BCUT2D eigenvalue weighted by atomic mass is 10.0. The number of nitrogens with zero attached hydrogens (tertiary/aromatic N) is 4. The van der Waals surface area contributed by atoms with Crippen LogP contribution in [0.3, 0.4) is 0 Å². The maximum absolute atomic E-state index is 12.7. The normalized spacial score (nSPS) is 14.9. The summed E-state index contributed by atoms with van der Waals surface area (Å²) in [5.74, 6) is -0.101. The minimum Gasteiger partial charge on any atom is -0.349 e. The monoisotopic (exact) mass is 383 g/mol. The lowest BCUT2D eigenvalue weighted by Gasteiger charge is -2.35. The zero-order valence-corrected chi connectivity index (χ0v) is 17.2. The molecule has 2 aromatic rings. The van der Waals surface area contributed by atoms with Crippen molar-refractivity contribution < 1.29 is 9.59 Å². The molecular formula is C21H29N5O2. The number of fused-ring (bicyclic) bond motifs is 1. The SMILES string of the molecule is CCN(CC)C(=O)N1CCC(NC(=O)c2ccc3nc(C)c(C)nc3c2)CC1. The van der Waals surface area contributed by atoms with E-state index in [1.54, 1.807) is 12.1 Å². The molecular weight excluding hydrogens is 354 g/mol. The number of nitrogens with one attached hydrogen (secondary N) is 1. The molecule has 0 saturated carbocycles. The molecule has 3 rings (SSSR count). The number of urea groups is 1. The Morgan fingerprint density at radius 3 is 2.29 bits per heavy atom. The number of aryl methyl sites for hydroxylation is 2. The molecule has 0 radical (unpaired) electrons. The number of rotatable bonds is 4. The van der Waals surface area contributed by atoms with Crippen molar-refractivity contribution in [3.05, 3.63) is 35.2 Å². The summed E-state index contributed by atoms with van der Waals surface area (Å²) in [6.07, 6.45) is 1.54. The van der Waals surface area contributed by atoms with Gasteiger partial charge in [-0.25, -0.2) is 14.8 Å². The summed E-state index contributed by atoms with van der Waals surface area (Å²) in [7, 11) is 0. The van der Waals surface area contributed by atoms with Crippen molar-refractivity contribution in [1.82, 2.24) is 25.1 Å². The lowest BCUT2D eigenvalue weighted by Crippen LogP contribution is -2.50. The molecule has 1 N–H and O–H groups in total. The van der Waals surface area contributed by atoms with E-state index in [9.17, 15) is 9.59 Å². The molecule has 28 heavy (non-hydrogen) atoms. The van der Waals surface area contributed by atoms with E-state index in [-0.39, 0.29) is 18.0 Å². The third-order valence-electron chi connectivity index (χ3n) is 5.47. The summed E-state index contributed by atoms with van der Waals surface area (Å²) >= 11 is 0. The molecule has 0 aliphatic carbocycles. The van der Waals surface area contributed by atoms with Crippen molar-refractivity contribution in [2.24, 2.45) is 0 Å². The van der Waals surface area contributed by atoms with Crippen molar-refractivity contribution >= 4 is 23.0 Å².